The number of aliphatic hydroxyl groups excluding tert-OH is 1. The van der Waals surface area contributed by atoms with E-state index in [2.05, 4.69) is 4.72 Å². The van der Waals surface area contributed by atoms with Gasteiger partial charge in [-0.05, 0) is 24.3 Å². The third-order valence-electron chi connectivity index (χ3n) is 3.47. The van der Waals surface area contributed by atoms with Crippen molar-refractivity contribution in [2.45, 2.75) is 29.9 Å². The number of hydrogen-bond donors (Lipinski definition) is 2. The summed E-state index contributed by atoms with van der Waals surface area (Å²) in [6.45, 7) is 0. The van der Waals surface area contributed by atoms with E-state index in [-0.39, 0.29) is 12.1 Å². The Kier molecular flexibility index (Phi) is 3.05. The highest BCUT2D eigenvalue weighted by molar-refractivity contribution is 7.89. The van der Waals surface area contributed by atoms with Crippen molar-refractivity contribution >= 4 is 20.8 Å². The molecule has 0 aliphatic heterocycles. The molecule has 2 aromatic carbocycles. The molecule has 1 aliphatic carbocycles. The van der Waals surface area contributed by atoms with E-state index in [9.17, 15) is 13.5 Å². The zero-order valence-electron chi connectivity index (χ0n) is 10.3. The molecule has 0 atom stereocenters. The summed E-state index contributed by atoms with van der Waals surface area (Å²) in [5.74, 6) is 0. The first-order valence-electron chi connectivity index (χ1n) is 6.24. The maximum absolute atomic E-state index is 12.4. The van der Waals surface area contributed by atoms with Crippen LogP contribution < -0.4 is 4.72 Å². The van der Waals surface area contributed by atoms with E-state index in [1.807, 2.05) is 24.3 Å². The molecule has 4 nitrogen and oxygen atoms in total. The van der Waals surface area contributed by atoms with Gasteiger partial charge in [0.1, 0.15) is 0 Å². The number of hydrogen-bond acceptors (Lipinski definition) is 3. The highest BCUT2D eigenvalue weighted by Gasteiger charge is 2.31. The number of nitrogens with one attached hydrogen (secondary N) is 1. The van der Waals surface area contributed by atoms with Gasteiger partial charge in [-0.25, -0.2) is 13.1 Å². The summed E-state index contributed by atoms with van der Waals surface area (Å²) in [6.07, 6.45) is 0.605. The molecule has 0 saturated heterocycles. The van der Waals surface area contributed by atoms with Crippen LogP contribution in [0.2, 0.25) is 0 Å². The van der Waals surface area contributed by atoms with E-state index < -0.39 is 10.0 Å². The van der Waals surface area contributed by atoms with E-state index in [1.165, 1.54) is 0 Å². The van der Waals surface area contributed by atoms with Crippen molar-refractivity contribution in [2.75, 3.05) is 0 Å². The Morgan fingerprint density at radius 1 is 1.05 bits per heavy atom. The van der Waals surface area contributed by atoms with Crippen molar-refractivity contribution in [1.82, 2.24) is 4.72 Å². The van der Waals surface area contributed by atoms with Crippen LogP contribution in [0.15, 0.2) is 47.4 Å². The van der Waals surface area contributed by atoms with Gasteiger partial charge in [0.15, 0.2) is 0 Å². The number of fused-ring (bicyclic) bond motifs is 1. The van der Waals surface area contributed by atoms with Crippen LogP contribution in [0.5, 0.6) is 0 Å². The van der Waals surface area contributed by atoms with Crippen molar-refractivity contribution < 1.29 is 13.5 Å². The molecular weight excluding hydrogens is 262 g/mol. The molecule has 5 heteroatoms. The van der Waals surface area contributed by atoms with Gasteiger partial charge in [0.2, 0.25) is 10.0 Å². The minimum atomic E-state index is -3.53. The predicted octanol–water partition coefficient (Wildman–Crippen LogP) is 1.64. The van der Waals surface area contributed by atoms with Crippen LogP contribution in [0.1, 0.15) is 12.8 Å². The average molecular weight is 277 g/mol. The van der Waals surface area contributed by atoms with Crippen molar-refractivity contribution in [1.29, 1.82) is 0 Å². The molecule has 0 heterocycles. The minimum Gasteiger partial charge on any atom is -0.393 e. The van der Waals surface area contributed by atoms with Crippen LogP contribution in [0.4, 0.5) is 0 Å². The summed E-state index contributed by atoms with van der Waals surface area (Å²) < 4.78 is 27.4. The highest BCUT2D eigenvalue weighted by Crippen LogP contribution is 2.26. The fourth-order valence-corrected chi connectivity index (χ4v) is 3.89. The first-order chi connectivity index (χ1) is 9.06. The number of sulfonamides is 1. The third-order valence-corrected chi connectivity index (χ3v) is 5.05. The number of aliphatic hydroxyl groups is 1. The molecule has 0 unspecified atom stereocenters. The second-order valence-corrected chi connectivity index (χ2v) is 6.60. The van der Waals surface area contributed by atoms with Gasteiger partial charge in [-0.3, -0.25) is 0 Å². The summed E-state index contributed by atoms with van der Waals surface area (Å²) in [7, 11) is -3.53. The zero-order chi connectivity index (χ0) is 13.5. The smallest absolute Gasteiger partial charge is 0.241 e. The van der Waals surface area contributed by atoms with E-state index in [1.54, 1.807) is 18.2 Å². The average Bonchev–Trinajstić information content (AvgIpc) is 2.36. The van der Waals surface area contributed by atoms with Gasteiger partial charge in [-0.15, -0.1) is 0 Å². The quantitative estimate of drug-likeness (QED) is 0.896. The molecule has 1 aliphatic rings. The molecule has 0 amide bonds. The maximum Gasteiger partial charge on any atom is 0.241 e. The molecule has 100 valence electrons. The lowest BCUT2D eigenvalue weighted by Crippen LogP contribution is -2.46. The van der Waals surface area contributed by atoms with Gasteiger partial charge in [0, 0.05) is 11.4 Å². The fraction of sp³-hybridized carbons (Fsp3) is 0.286. The Morgan fingerprint density at radius 3 is 2.47 bits per heavy atom. The number of benzene rings is 2. The monoisotopic (exact) mass is 277 g/mol. The van der Waals surface area contributed by atoms with E-state index in [0.29, 0.717) is 17.7 Å². The summed E-state index contributed by atoms with van der Waals surface area (Å²) in [6, 6.07) is 12.5. The largest absolute Gasteiger partial charge is 0.393 e. The molecule has 0 aromatic heterocycles. The van der Waals surface area contributed by atoms with Gasteiger partial charge in [-0.2, -0.15) is 0 Å². The summed E-state index contributed by atoms with van der Waals surface area (Å²) >= 11 is 0. The second kappa shape index (κ2) is 4.59. The Bertz CT molecular complexity index is 700. The SMILES string of the molecule is O=S(=O)(NC1CC(O)C1)c1cccc2ccccc12. The first kappa shape index (κ1) is 12.6. The Labute approximate surface area is 112 Å². The lowest BCUT2D eigenvalue weighted by Gasteiger charge is -2.31. The van der Waals surface area contributed by atoms with E-state index in [4.69, 9.17) is 0 Å². The van der Waals surface area contributed by atoms with Crippen molar-refractivity contribution in [3.63, 3.8) is 0 Å². The first-order valence-corrected chi connectivity index (χ1v) is 7.73. The molecule has 0 spiro atoms. The van der Waals surface area contributed by atoms with E-state index >= 15 is 0 Å². The van der Waals surface area contributed by atoms with Gasteiger partial charge in [0.05, 0.1) is 11.0 Å². The third kappa shape index (κ3) is 2.36. The minimum absolute atomic E-state index is 0.154. The van der Waals surface area contributed by atoms with Crippen LogP contribution in [0.3, 0.4) is 0 Å². The molecule has 19 heavy (non-hydrogen) atoms. The van der Waals surface area contributed by atoms with Crippen LogP contribution in [-0.2, 0) is 10.0 Å². The molecule has 3 rings (SSSR count). The molecule has 2 N–H and O–H groups in total. The standard InChI is InChI=1S/C14H15NO3S/c16-12-8-11(9-12)15-19(17,18)14-7-3-5-10-4-1-2-6-13(10)14/h1-7,11-12,15-16H,8-9H2. The number of rotatable bonds is 3. The van der Waals surface area contributed by atoms with Crippen LogP contribution in [-0.4, -0.2) is 25.7 Å². The Hall–Kier alpha value is -1.43. The molecule has 1 saturated carbocycles. The van der Waals surface area contributed by atoms with E-state index in [0.717, 1.165) is 10.8 Å². The highest BCUT2D eigenvalue weighted by atomic mass is 32.2. The lowest BCUT2D eigenvalue weighted by molar-refractivity contribution is 0.0712. The van der Waals surface area contributed by atoms with Crippen LogP contribution >= 0.6 is 0 Å². The summed E-state index contributed by atoms with van der Waals surface area (Å²) in [5, 5.41) is 10.8. The Balaban J connectivity index is 1.99. The molecular formula is C14H15NO3S. The van der Waals surface area contributed by atoms with Crippen molar-refractivity contribution in [3.05, 3.63) is 42.5 Å². The second-order valence-electron chi connectivity index (χ2n) is 4.92. The lowest BCUT2D eigenvalue weighted by atomic mass is 9.91. The molecule has 1 fully saturated rings. The maximum atomic E-state index is 12.4. The van der Waals surface area contributed by atoms with Crippen molar-refractivity contribution in [2.24, 2.45) is 0 Å². The normalized spacial score (nSPS) is 23.2. The fourth-order valence-electron chi connectivity index (χ4n) is 2.40. The molecule has 0 radical (unpaired) electrons. The molecule has 0 bridgehead atoms. The predicted molar refractivity (Wildman–Crippen MR) is 73.3 cm³/mol. The summed E-state index contributed by atoms with van der Waals surface area (Å²) in [5.41, 5.74) is 0. The topological polar surface area (TPSA) is 66.4 Å². The van der Waals surface area contributed by atoms with Gasteiger partial charge in [-0.1, -0.05) is 36.4 Å². The van der Waals surface area contributed by atoms with Gasteiger partial charge < -0.3 is 5.11 Å². The van der Waals surface area contributed by atoms with Gasteiger partial charge >= 0.3 is 0 Å². The van der Waals surface area contributed by atoms with Crippen LogP contribution in [0, 0.1) is 0 Å². The zero-order valence-corrected chi connectivity index (χ0v) is 11.1. The van der Waals surface area contributed by atoms with Crippen LogP contribution in [0.25, 0.3) is 10.8 Å². The van der Waals surface area contributed by atoms with Crippen molar-refractivity contribution in [3.8, 4) is 0 Å². The molecule has 2 aromatic rings. The Morgan fingerprint density at radius 2 is 1.74 bits per heavy atom. The van der Waals surface area contributed by atoms with Gasteiger partial charge in [0.25, 0.3) is 0 Å². The summed E-state index contributed by atoms with van der Waals surface area (Å²) in [4.78, 5) is 0.298.